The van der Waals surface area contributed by atoms with E-state index in [2.05, 4.69) is 20.2 Å². The van der Waals surface area contributed by atoms with E-state index < -0.39 is 35.2 Å². The summed E-state index contributed by atoms with van der Waals surface area (Å²) in [6, 6.07) is 3.28. The Kier molecular flexibility index (Phi) is 6.45. The topological polar surface area (TPSA) is 162 Å². The van der Waals surface area contributed by atoms with Gasteiger partial charge in [-0.25, -0.2) is 28.6 Å². The van der Waals surface area contributed by atoms with Gasteiger partial charge >= 0.3 is 5.97 Å². The van der Waals surface area contributed by atoms with Gasteiger partial charge in [-0.05, 0) is 43.0 Å². The van der Waals surface area contributed by atoms with Crippen molar-refractivity contribution in [3.8, 4) is 11.3 Å². The van der Waals surface area contributed by atoms with Crippen LogP contribution in [0.15, 0.2) is 41.9 Å². The van der Waals surface area contributed by atoms with Crippen molar-refractivity contribution < 1.29 is 23.5 Å². The van der Waals surface area contributed by atoms with E-state index in [1.807, 2.05) is 0 Å². The zero-order chi connectivity index (χ0) is 27.1. The third-order valence-corrected chi connectivity index (χ3v) is 6.97. The van der Waals surface area contributed by atoms with Gasteiger partial charge in [0.05, 0.1) is 28.6 Å². The van der Waals surface area contributed by atoms with Crippen molar-refractivity contribution in [1.29, 1.82) is 10.9 Å². The molecule has 2 aliphatic rings. The number of carboxylic acids is 1. The van der Waals surface area contributed by atoms with Crippen molar-refractivity contribution in [3.05, 3.63) is 70.4 Å². The van der Waals surface area contributed by atoms with Crippen molar-refractivity contribution >= 4 is 41.1 Å². The summed E-state index contributed by atoms with van der Waals surface area (Å²) in [5, 5.41) is 20.6. The van der Waals surface area contributed by atoms with Gasteiger partial charge in [-0.2, -0.15) is 5.53 Å². The van der Waals surface area contributed by atoms with Gasteiger partial charge in [0.25, 0.3) is 0 Å². The van der Waals surface area contributed by atoms with Crippen LogP contribution in [0.4, 0.5) is 14.5 Å². The molecule has 14 heteroatoms. The number of carbonyl (C=O) groups is 2. The number of benzene rings is 1. The van der Waals surface area contributed by atoms with Crippen LogP contribution in [0, 0.1) is 22.6 Å². The Bertz CT molecular complexity index is 1520. The highest BCUT2D eigenvalue weighted by atomic mass is 35.5. The molecule has 0 bridgehead atoms. The Morgan fingerprint density at radius 2 is 2.05 bits per heavy atom. The molecule has 4 N–H and O–H groups in total. The third kappa shape index (κ3) is 4.10. The molecule has 38 heavy (non-hydrogen) atoms. The number of nitrogens with zero attached hydrogens (tertiary/aromatic N) is 5. The first-order chi connectivity index (χ1) is 18.2. The molecule has 11 nitrogen and oxygen atoms in total. The summed E-state index contributed by atoms with van der Waals surface area (Å²) in [6.45, 7) is 0. The van der Waals surface area contributed by atoms with Crippen LogP contribution in [0.2, 0.25) is 5.02 Å². The zero-order valence-electron chi connectivity index (χ0n) is 19.5. The minimum Gasteiger partial charge on any atom is -0.476 e. The summed E-state index contributed by atoms with van der Waals surface area (Å²) in [5.41, 5.74) is 7.28. The second-order valence-corrected chi connectivity index (χ2v) is 9.11. The van der Waals surface area contributed by atoms with Gasteiger partial charge in [0.2, 0.25) is 5.91 Å². The molecule has 0 aliphatic carbocycles. The quantitative estimate of drug-likeness (QED) is 0.143. The Balaban J connectivity index is 1.47. The molecule has 4 heterocycles. The summed E-state index contributed by atoms with van der Waals surface area (Å²) in [5.74, 6) is -3.27. The second-order valence-electron chi connectivity index (χ2n) is 8.70. The van der Waals surface area contributed by atoms with Crippen molar-refractivity contribution in [2.45, 2.75) is 31.3 Å². The maximum atomic E-state index is 15.2. The van der Waals surface area contributed by atoms with Gasteiger partial charge in [0.15, 0.2) is 17.3 Å². The number of hydrogen-bond acceptors (Lipinski definition) is 7. The summed E-state index contributed by atoms with van der Waals surface area (Å²) in [7, 11) is 0. The van der Waals surface area contributed by atoms with Crippen molar-refractivity contribution in [2.24, 2.45) is 5.22 Å². The molecule has 3 aromatic rings. The number of carbonyl (C=O) groups excluding carboxylic acids is 1. The van der Waals surface area contributed by atoms with Crippen molar-refractivity contribution in [2.75, 3.05) is 5.01 Å². The molecule has 2 aliphatic heterocycles. The molecule has 5 rings (SSSR count). The van der Waals surface area contributed by atoms with Crippen molar-refractivity contribution in [1.82, 2.24) is 19.9 Å². The molecular weight excluding hydrogens is 522 g/mol. The number of rotatable bonds is 7. The molecule has 1 saturated heterocycles. The number of aromatic nitrogens is 3. The van der Waals surface area contributed by atoms with Gasteiger partial charge in [-0.3, -0.25) is 10.2 Å². The second kappa shape index (κ2) is 9.74. The Morgan fingerprint density at radius 3 is 2.76 bits per heavy atom. The van der Waals surface area contributed by atoms with Gasteiger partial charge < -0.3 is 15.0 Å². The minimum absolute atomic E-state index is 0.00358. The predicted octanol–water partition coefficient (Wildman–Crippen LogP) is 4.98. The molecule has 0 radical (unpaired) electrons. The first kappa shape index (κ1) is 25.1. The molecule has 194 valence electrons. The number of nitrogens with one attached hydrogen (secondary N) is 3. The lowest BCUT2D eigenvalue weighted by Crippen LogP contribution is -2.39. The van der Waals surface area contributed by atoms with Gasteiger partial charge in [-0.15, -0.1) is 0 Å². The fraction of sp³-hybridized carbons (Fsp3) is 0.208. The summed E-state index contributed by atoms with van der Waals surface area (Å²) < 4.78 is 29.9. The van der Waals surface area contributed by atoms with Crippen LogP contribution < -0.4 is 5.01 Å². The fourth-order valence-electron chi connectivity index (χ4n) is 5.03. The largest absolute Gasteiger partial charge is 0.476 e. The lowest BCUT2D eigenvalue weighted by molar-refractivity contribution is -0.129. The van der Waals surface area contributed by atoms with Gasteiger partial charge in [0.1, 0.15) is 12.2 Å². The lowest BCUT2D eigenvalue weighted by Gasteiger charge is -2.33. The van der Waals surface area contributed by atoms with Crippen LogP contribution >= 0.6 is 11.6 Å². The number of amides is 1. The van der Waals surface area contributed by atoms with E-state index in [9.17, 15) is 14.0 Å². The van der Waals surface area contributed by atoms with Crippen LogP contribution in [-0.2, 0) is 4.79 Å². The number of fused-ring (bicyclic) bond motifs is 1. The number of halogens is 3. The Morgan fingerprint density at radius 1 is 1.26 bits per heavy atom. The number of hydrogen-bond donors (Lipinski definition) is 4. The molecule has 1 amide bonds. The normalized spacial score (nSPS) is 18.7. The molecule has 1 aromatic carbocycles. The van der Waals surface area contributed by atoms with Crippen LogP contribution in [-0.4, -0.2) is 49.2 Å². The first-order valence-electron chi connectivity index (χ1n) is 11.4. The van der Waals surface area contributed by atoms with E-state index in [-0.39, 0.29) is 40.0 Å². The van der Waals surface area contributed by atoms with E-state index >= 15 is 4.39 Å². The van der Waals surface area contributed by atoms with Gasteiger partial charge in [-0.1, -0.05) is 16.8 Å². The summed E-state index contributed by atoms with van der Waals surface area (Å²) in [6.07, 6.45) is 5.99. The maximum absolute atomic E-state index is 15.2. The predicted molar refractivity (Wildman–Crippen MR) is 132 cm³/mol. The summed E-state index contributed by atoms with van der Waals surface area (Å²) >= 11 is 6.01. The highest BCUT2D eigenvalue weighted by Crippen LogP contribution is 2.45. The van der Waals surface area contributed by atoms with E-state index in [1.165, 1.54) is 36.7 Å². The number of imidazole rings is 1. The van der Waals surface area contributed by atoms with Crippen LogP contribution in [0.1, 0.15) is 47.2 Å². The highest BCUT2D eigenvalue weighted by Gasteiger charge is 2.42. The lowest BCUT2D eigenvalue weighted by atomic mass is 9.92. The van der Waals surface area contributed by atoms with Crippen LogP contribution in [0.25, 0.3) is 16.8 Å². The molecule has 2 atom stereocenters. The average Bonchev–Trinajstić information content (AvgIpc) is 3.54. The van der Waals surface area contributed by atoms with Crippen molar-refractivity contribution in [3.63, 3.8) is 0 Å². The highest BCUT2D eigenvalue weighted by molar-refractivity contribution is 6.31. The monoisotopic (exact) mass is 540 g/mol. The Hall–Kier alpha value is -4.52. The number of aromatic amines is 1. The fourth-order valence-corrected chi connectivity index (χ4v) is 5.19. The SMILES string of the molecule is N=CN(N=N)c1ccc(Cl)c(F)c1C1=CC(=O)N2C(CC[C@H]2c2ncc(-c3ccnc(C(=O)O)c3F)[nH]2)C1. The van der Waals surface area contributed by atoms with E-state index in [0.29, 0.717) is 24.2 Å². The molecule has 2 aromatic heterocycles. The van der Waals surface area contributed by atoms with Crippen LogP contribution in [0.3, 0.4) is 0 Å². The number of aromatic carboxylic acids is 1. The number of H-pyrrole nitrogens is 1. The number of pyridine rings is 1. The van der Waals surface area contributed by atoms with E-state index in [4.69, 9.17) is 27.6 Å². The molecule has 0 spiro atoms. The summed E-state index contributed by atoms with van der Waals surface area (Å²) in [4.78, 5) is 37.1. The number of carboxylic acid groups (broad SMARTS) is 1. The molecule has 0 saturated carbocycles. The smallest absolute Gasteiger partial charge is 0.357 e. The molecular formula is C24H19ClF2N8O3. The maximum Gasteiger partial charge on any atom is 0.357 e. The molecule has 1 unspecified atom stereocenters. The van der Waals surface area contributed by atoms with E-state index in [0.717, 1.165) is 11.3 Å². The minimum atomic E-state index is -1.50. The van der Waals surface area contributed by atoms with E-state index in [1.54, 1.807) is 4.90 Å². The average molecular weight is 541 g/mol. The zero-order valence-corrected chi connectivity index (χ0v) is 20.2. The number of anilines is 1. The standard InChI is InChI=1S/C24H19ClF2N8O3/c25-14-2-4-16(34(10-28)33-29)19(21(14)27)11-7-12-1-3-17(35(12)18(36)8-11)23-31-9-15(32-23)13-5-6-30-22(20(13)26)24(37)38/h2,4-6,8-10,12,17,28-29H,1,3,7H2,(H,31,32)(H,37,38)/t12?,17-/m0/s1. The van der Waals surface area contributed by atoms with Crippen LogP contribution in [0.5, 0.6) is 0 Å². The molecule has 1 fully saturated rings. The first-order valence-corrected chi connectivity index (χ1v) is 11.7. The third-order valence-electron chi connectivity index (χ3n) is 6.67. The van der Waals surface area contributed by atoms with Gasteiger partial charge in [0, 0.05) is 29.4 Å². The Labute approximate surface area is 218 Å².